The van der Waals surface area contributed by atoms with Gasteiger partial charge in [-0.25, -0.2) is 4.98 Å². The highest BCUT2D eigenvalue weighted by molar-refractivity contribution is 9.10. The third-order valence-corrected chi connectivity index (χ3v) is 3.09. The van der Waals surface area contributed by atoms with Crippen LogP contribution < -0.4 is 4.90 Å². The van der Waals surface area contributed by atoms with Gasteiger partial charge in [-0.2, -0.15) is 0 Å². The first-order valence-corrected chi connectivity index (χ1v) is 5.94. The fraction of sp³-hybridized carbons (Fsp3) is 0.545. The number of hydrogen-bond acceptors (Lipinski definition) is 3. The van der Waals surface area contributed by atoms with E-state index in [1.807, 2.05) is 6.20 Å². The van der Waals surface area contributed by atoms with E-state index < -0.39 is 0 Å². The van der Waals surface area contributed by atoms with Gasteiger partial charge in [0.1, 0.15) is 5.82 Å². The number of ether oxygens (including phenoxy) is 1. The van der Waals surface area contributed by atoms with Gasteiger partial charge in [0, 0.05) is 17.2 Å². The van der Waals surface area contributed by atoms with Crippen LogP contribution in [0, 0.1) is 6.92 Å². The first-order valence-electron chi connectivity index (χ1n) is 5.15. The Bertz CT molecular complexity index is 356. The number of aryl methyl sites for hydroxylation is 1. The predicted molar refractivity (Wildman–Crippen MR) is 64.3 cm³/mol. The van der Waals surface area contributed by atoms with Crippen molar-refractivity contribution in [1.82, 2.24) is 4.98 Å². The predicted octanol–water partition coefficient (Wildman–Crippen LogP) is 2.38. The lowest BCUT2D eigenvalue weighted by atomic mass is 10.2. The summed E-state index contributed by atoms with van der Waals surface area (Å²) in [4.78, 5) is 6.79. The Morgan fingerprint density at radius 2 is 2.40 bits per heavy atom. The zero-order valence-corrected chi connectivity index (χ0v) is 10.6. The summed E-state index contributed by atoms with van der Waals surface area (Å²) < 4.78 is 6.45. The molecule has 1 aromatic rings. The van der Waals surface area contributed by atoms with Crippen LogP contribution in [-0.2, 0) is 4.74 Å². The molecule has 15 heavy (non-hydrogen) atoms. The number of aromatic nitrogens is 1. The van der Waals surface area contributed by atoms with Crippen LogP contribution >= 0.6 is 15.9 Å². The van der Waals surface area contributed by atoms with Crippen LogP contribution in [0.15, 0.2) is 16.7 Å². The molecule has 1 aromatic heterocycles. The van der Waals surface area contributed by atoms with Crippen LogP contribution in [0.4, 0.5) is 5.82 Å². The summed E-state index contributed by atoms with van der Waals surface area (Å²) in [6.07, 6.45) is 1.85. The molecular formula is C11H15BrN2O. The summed E-state index contributed by atoms with van der Waals surface area (Å²) in [5, 5.41) is 0. The van der Waals surface area contributed by atoms with E-state index in [9.17, 15) is 0 Å². The molecule has 0 spiro atoms. The topological polar surface area (TPSA) is 25.4 Å². The largest absolute Gasteiger partial charge is 0.377 e. The Hall–Kier alpha value is -0.610. The molecule has 1 fully saturated rings. The van der Waals surface area contributed by atoms with Crippen LogP contribution in [-0.4, -0.2) is 30.8 Å². The third-order valence-electron chi connectivity index (χ3n) is 2.66. The van der Waals surface area contributed by atoms with Crippen LogP contribution in [0.5, 0.6) is 0 Å². The minimum absolute atomic E-state index is 0.408. The van der Waals surface area contributed by atoms with E-state index in [1.165, 1.54) is 5.56 Å². The normalized spacial score (nSPS) is 21.8. The second kappa shape index (κ2) is 4.49. The molecule has 0 aromatic carbocycles. The number of pyridine rings is 1. The third kappa shape index (κ3) is 2.32. The van der Waals surface area contributed by atoms with Gasteiger partial charge in [-0.15, -0.1) is 0 Å². The number of halogens is 1. The Labute approximate surface area is 98.6 Å². The minimum atomic E-state index is 0.408. The van der Waals surface area contributed by atoms with E-state index in [1.54, 1.807) is 0 Å². The summed E-state index contributed by atoms with van der Waals surface area (Å²) in [5.41, 5.74) is 1.21. The van der Waals surface area contributed by atoms with E-state index in [4.69, 9.17) is 4.74 Å². The number of rotatable bonds is 1. The van der Waals surface area contributed by atoms with Crippen molar-refractivity contribution in [3.8, 4) is 0 Å². The average molecular weight is 271 g/mol. The van der Waals surface area contributed by atoms with Crippen molar-refractivity contribution in [3.05, 3.63) is 22.3 Å². The lowest BCUT2D eigenvalue weighted by Crippen LogP contribution is -2.44. The summed E-state index contributed by atoms with van der Waals surface area (Å²) in [5.74, 6) is 1.08. The van der Waals surface area contributed by atoms with Crippen molar-refractivity contribution in [2.45, 2.75) is 19.9 Å². The van der Waals surface area contributed by atoms with Gasteiger partial charge >= 0.3 is 0 Å². The van der Waals surface area contributed by atoms with Gasteiger partial charge in [0.05, 0.1) is 19.3 Å². The second-order valence-electron chi connectivity index (χ2n) is 3.91. The maximum absolute atomic E-state index is 5.42. The summed E-state index contributed by atoms with van der Waals surface area (Å²) in [7, 11) is 0. The monoisotopic (exact) mass is 270 g/mol. The van der Waals surface area contributed by atoms with Gasteiger partial charge in [0.15, 0.2) is 0 Å². The fourth-order valence-electron chi connectivity index (χ4n) is 1.88. The van der Waals surface area contributed by atoms with Gasteiger partial charge in [-0.05, 0) is 41.4 Å². The van der Waals surface area contributed by atoms with E-state index in [-0.39, 0.29) is 0 Å². The van der Waals surface area contributed by atoms with E-state index in [0.717, 1.165) is 30.0 Å². The Balaban J connectivity index is 2.27. The van der Waals surface area contributed by atoms with Gasteiger partial charge < -0.3 is 9.64 Å². The quantitative estimate of drug-likeness (QED) is 0.784. The number of anilines is 1. The second-order valence-corrected chi connectivity index (χ2v) is 4.83. The molecule has 1 atom stereocenters. The molecule has 0 unspecified atom stereocenters. The van der Waals surface area contributed by atoms with Crippen molar-refractivity contribution in [2.75, 3.05) is 24.7 Å². The van der Waals surface area contributed by atoms with Crippen molar-refractivity contribution in [3.63, 3.8) is 0 Å². The van der Waals surface area contributed by atoms with Crippen molar-refractivity contribution in [1.29, 1.82) is 0 Å². The molecule has 0 saturated carbocycles. The Kier molecular flexibility index (Phi) is 3.26. The molecule has 82 valence electrons. The smallest absolute Gasteiger partial charge is 0.131 e. The van der Waals surface area contributed by atoms with E-state index in [2.05, 4.69) is 45.7 Å². The molecule has 1 aliphatic heterocycles. The zero-order valence-electron chi connectivity index (χ0n) is 9.03. The first kappa shape index (κ1) is 10.9. The summed E-state index contributed by atoms with van der Waals surface area (Å²) >= 11 is 3.43. The van der Waals surface area contributed by atoms with Crippen molar-refractivity contribution >= 4 is 21.7 Å². The molecule has 0 amide bonds. The molecule has 2 rings (SSSR count). The van der Waals surface area contributed by atoms with Crippen LogP contribution in [0.2, 0.25) is 0 Å². The van der Waals surface area contributed by atoms with Crippen LogP contribution in [0.1, 0.15) is 12.5 Å². The van der Waals surface area contributed by atoms with Crippen molar-refractivity contribution < 1.29 is 4.74 Å². The molecule has 0 N–H and O–H groups in total. The van der Waals surface area contributed by atoms with Crippen LogP contribution in [0.25, 0.3) is 0 Å². The number of nitrogens with zero attached hydrogens (tertiary/aromatic N) is 2. The molecule has 2 heterocycles. The minimum Gasteiger partial charge on any atom is -0.377 e. The standard InChI is InChI=1S/C11H15BrN2O/c1-8-5-10(12)6-13-11(8)14-3-4-15-7-9(14)2/h5-6,9H,3-4,7H2,1-2H3/t9-/m1/s1. The molecule has 4 heteroatoms. The van der Waals surface area contributed by atoms with Gasteiger partial charge in [-0.3, -0.25) is 0 Å². The fourth-order valence-corrected chi connectivity index (χ4v) is 2.32. The molecule has 0 radical (unpaired) electrons. The molecule has 0 bridgehead atoms. The molecular weight excluding hydrogens is 256 g/mol. The first-order chi connectivity index (χ1) is 7.18. The lowest BCUT2D eigenvalue weighted by molar-refractivity contribution is 0.0985. The van der Waals surface area contributed by atoms with Gasteiger partial charge in [-0.1, -0.05) is 0 Å². The maximum Gasteiger partial charge on any atom is 0.131 e. The lowest BCUT2D eigenvalue weighted by Gasteiger charge is -2.35. The Morgan fingerprint density at radius 3 is 3.07 bits per heavy atom. The van der Waals surface area contributed by atoms with Crippen LogP contribution in [0.3, 0.4) is 0 Å². The highest BCUT2D eigenvalue weighted by Gasteiger charge is 2.21. The Morgan fingerprint density at radius 1 is 1.60 bits per heavy atom. The number of morpholine rings is 1. The molecule has 3 nitrogen and oxygen atoms in total. The molecule has 0 aliphatic carbocycles. The average Bonchev–Trinajstić information content (AvgIpc) is 2.20. The molecule has 1 aliphatic rings. The van der Waals surface area contributed by atoms with Crippen molar-refractivity contribution in [2.24, 2.45) is 0 Å². The van der Waals surface area contributed by atoms with E-state index >= 15 is 0 Å². The van der Waals surface area contributed by atoms with Gasteiger partial charge in [0.2, 0.25) is 0 Å². The SMILES string of the molecule is Cc1cc(Br)cnc1N1CCOC[C@H]1C. The summed E-state index contributed by atoms with van der Waals surface area (Å²) in [6.45, 7) is 6.77. The number of hydrogen-bond donors (Lipinski definition) is 0. The maximum atomic E-state index is 5.42. The highest BCUT2D eigenvalue weighted by Crippen LogP contribution is 2.23. The summed E-state index contributed by atoms with van der Waals surface area (Å²) in [6, 6.07) is 2.51. The zero-order chi connectivity index (χ0) is 10.8. The highest BCUT2D eigenvalue weighted by atomic mass is 79.9. The van der Waals surface area contributed by atoms with Gasteiger partial charge in [0.25, 0.3) is 0 Å². The molecule has 1 saturated heterocycles. The van der Waals surface area contributed by atoms with E-state index in [0.29, 0.717) is 6.04 Å².